The fourth-order valence-corrected chi connectivity index (χ4v) is 3.10. The van der Waals surface area contributed by atoms with Gasteiger partial charge >= 0.3 is 0 Å². The number of aliphatic hydroxyl groups excluding tert-OH is 1. The normalized spacial score (nSPS) is 21.3. The molecule has 2 fully saturated rings. The predicted octanol–water partition coefficient (Wildman–Crippen LogP) is 1.08. The molecular formula is C15H26N4O2. The lowest BCUT2D eigenvalue weighted by molar-refractivity contribution is 0.127. The van der Waals surface area contributed by atoms with Crippen LogP contribution in [0.15, 0.2) is 4.42 Å². The number of hydrogen-bond donors (Lipinski definition) is 1. The van der Waals surface area contributed by atoms with Gasteiger partial charge in [-0.25, -0.2) is 0 Å². The molecule has 1 aliphatic heterocycles. The molecule has 1 aliphatic carbocycles. The maximum atomic E-state index is 8.97. The molecule has 2 aliphatic rings. The van der Waals surface area contributed by atoms with Crippen LogP contribution in [0.2, 0.25) is 0 Å². The Kier molecular flexibility index (Phi) is 4.87. The van der Waals surface area contributed by atoms with Gasteiger partial charge in [0.2, 0.25) is 11.8 Å². The van der Waals surface area contributed by atoms with Crippen molar-refractivity contribution in [2.45, 2.75) is 38.1 Å². The summed E-state index contributed by atoms with van der Waals surface area (Å²) < 4.78 is 5.72. The molecule has 0 atom stereocenters. The summed E-state index contributed by atoms with van der Waals surface area (Å²) in [5.41, 5.74) is 0. The second-order valence-electron chi connectivity index (χ2n) is 6.51. The van der Waals surface area contributed by atoms with Crippen LogP contribution in [0.25, 0.3) is 0 Å². The quantitative estimate of drug-likeness (QED) is 0.812. The molecule has 0 amide bonds. The Bertz CT molecular complexity index is 439. The van der Waals surface area contributed by atoms with Crippen molar-refractivity contribution in [3.05, 3.63) is 11.8 Å². The Morgan fingerprint density at radius 2 is 2.00 bits per heavy atom. The fourth-order valence-electron chi connectivity index (χ4n) is 3.10. The first-order valence-corrected chi connectivity index (χ1v) is 8.08. The molecule has 0 bridgehead atoms. The standard InChI is InChI=1S/C15H26N4O2/c1-18(10-12-4-6-19(7-5-12)8-9-20)11-14-16-17-15(21-14)13-2-3-13/h12-13,20H,2-11H2,1H3. The minimum atomic E-state index is 0.269. The summed E-state index contributed by atoms with van der Waals surface area (Å²) in [5, 5.41) is 17.3. The van der Waals surface area contributed by atoms with Gasteiger partial charge in [-0.15, -0.1) is 10.2 Å². The van der Waals surface area contributed by atoms with Gasteiger partial charge in [-0.3, -0.25) is 4.90 Å². The molecule has 1 aromatic rings. The van der Waals surface area contributed by atoms with Crippen molar-refractivity contribution in [1.29, 1.82) is 0 Å². The largest absolute Gasteiger partial charge is 0.424 e. The van der Waals surface area contributed by atoms with E-state index >= 15 is 0 Å². The van der Waals surface area contributed by atoms with Crippen molar-refractivity contribution in [2.75, 3.05) is 39.8 Å². The van der Waals surface area contributed by atoms with Gasteiger partial charge in [0.1, 0.15) is 0 Å². The van der Waals surface area contributed by atoms with E-state index in [4.69, 9.17) is 9.52 Å². The van der Waals surface area contributed by atoms with Gasteiger partial charge in [-0.05, 0) is 51.7 Å². The van der Waals surface area contributed by atoms with Crippen LogP contribution in [0.3, 0.4) is 0 Å². The number of hydrogen-bond acceptors (Lipinski definition) is 6. The van der Waals surface area contributed by atoms with Gasteiger partial charge in [0.05, 0.1) is 13.2 Å². The third-order valence-electron chi connectivity index (χ3n) is 4.51. The minimum Gasteiger partial charge on any atom is -0.424 e. The van der Waals surface area contributed by atoms with Gasteiger partial charge in [-0.2, -0.15) is 0 Å². The summed E-state index contributed by atoms with van der Waals surface area (Å²) in [6.45, 7) is 5.11. The maximum absolute atomic E-state index is 8.97. The number of likely N-dealkylation sites (tertiary alicyclic amines) is 1. The zero-order chi connectivity index (χ0) is 14.7. The van der Waals surface area contributed by atoms with Crippen molar-refractivity contribution < 1.29 is 9.52 Å². The summed E-state index contributed by atoms with van der Waals surface area (Å²) in [6.07, 6.45) is 4.82. The molecule has 0 aromatic carbocycles. The molecule has 1 N–H and O–H groups in total. The first kappa shape index (κ1) is 14.9. The molecule has 3 rings (SSSR count). The molecule has 1 saturated heterocycles. The van der Waals surface area contributed by atoms with Gasteiger partial charge in [-0.1, -0.05) is 0 Å². The lowest BCUT2D eigenvalue weighted by atomic mass is 9.96. The molecule has 6 nitrogen and oxygen atoms in total. The van der Waals surface area contributed by atoms with Gasteiger partial charge in [0.15, 0.2) is 0 Å². The van der Waals surface area contributed by atoms with Crippen molar-refractivity contribution in [3.8, 4) is 0 Å². The molecule has 0 radical (unpaired) electrons. The van der Waals surface area contributed by atoms with Crippen LogP contribution in [0.4, 0.5) is 0 Å². The highest BCUT2D eigenvalue weighted by Gasteiger charge is 2.29. The van der Waals surface area contributed by atoms with Crippen LogP contribution in [0.1, 0.15) is 43.4 Å². The van der Waals surface area contributed by atoms with E-state index in [1.165, 1.54) is 25.7 Å². The molecule has 1 aromatic heterocycles. The summed E-state index contributed by atoms with van der Waals surface area (Å²) in [5.74, 6) is 2.84. The Morgan fingerprint density at radius 1 is 1.24 bits per heavy atom. The van der Waals surface area contributed by atoms with E-state index in [0.717, 1.165) is 50.4 Å². The Morgan fingerprint density at radius 3 is 2.67 bits per heavy atom. The Labute approximate surface area is 126 Å². The van der Waals surface area contributed by atoms with E-state index in [2.05, 4.69) is 27.0 Å². The van der Waals surface area contributed by atoms with E-state index < -0.39 is 0 Å². The predicted molar refractivity (Wildman–Crippen MR) is 78.9 cm³/mol. The van der Waals surface area contributed by atoms with Gasteiger partial charge < -0.3 is 14.4 Å². The lowest BCUT2D eigenvalue weighted by Gasteiger charge is -2.33. The van der Waals surface area contributed by atoms with Crippen molar-refractivity contribution in [2.24, 2.45) is 5.92 Å². The number of piperidine rings is 1. The number of aliphatic hydroxyl groups is 1. The highest BCUT2D eigenvalue weighted by atomic mass is 16.4. The van der Waals surface area contributed by atoms with Crippen molar-refractivity contribution >= 4 is 0 Å². The number of β-amino-alcohol motifs (C(OH)–C–C–N with tert-alkyl or cyclic N) is 1. The van der Waals surface area contributed by atoms with Crippen molar-refractivity contribution in [1.82, 2.24) is 20.0 Å². The topological polar surface area (TPSA) is 65.6 Å². The van der Waals surface area contributed by atoms with Gasteiger partial charge in [0.25, 0.3) is 0 Å². The monoisotopic (exact) mass is 294 g/mol. The van der Waals surface area contributed by atoms with Crippen LogP contribution in [-0.4, -0.2) is 64.9 Å². The average Bonchev–Trinajstić information content (AvgIpc) is 3.22. The molecule has 1 saturated carbocycles. The van der Waals surface area contributed by atoms with Crippen LogP contribution in [0, 0.1) is 5.92 Å². The van der Waals surface area contributed by atoms with Crippen LogP contribution >= 0.6 is 0 Å². The van der Waals surface area contributed by atoms with E-state index in [1.807, 2.05) is 0 Å². The van der Waals surface area contributed by atoms with E-state index in [-0.39, 0.29) is 6.61 Å². The highest BCUT2D eigenvalue weighted by Crippen LogP contribution is 2.39. The summed E-state index contributed by atoms with van der Waals surface area (Å²) in [7, 11) is 2.13. The lowest BCUT2D eigenvalue weighted by Crippen LogP contribution is -2.38. The zero-order valence-electron chi connectivity index (χ0n) is 12.9. The molecular weight excluding hydrogens is 268 g/mol. The third-order valence-corrected chi connectivity index (χ3v) is 4.51. The van der Waals surface area contributed by atoms with Gasteiger partial charge in [0, 0.05) is 19.0 Å². The van der Waals surface area contributed by atoms with E-state index in [0.29, 0.717) is 5.92 Å². The number of aromatic nitrogens is 2. The van der Waals surface area contributed by atoms with Crippen molar-refractivity contribution in [3.63, 3.8) is 0 Å². The smallest absolute Gasteiger partial charge is 0.230 e. The number of rotatable bonds is 7. The molecule has 0 unspecified atom stereocenters. The van der Waals surface area contributed by atoms with Crippen LogP contribution in [0.5, 0.6) is 0 Å². The van der Waals surface area contributed by atoms with E-state index in [1.54, 1.807) is 0 Å². The number of nitrogens with zero attached hydrogens (tertiary/aromatic N) is 4. The molecule has 2 heterocycles. The first-order chi connectivity index (χ1) is 10.2. The highest BCUT2D eigenvalue weighted by molar-refractivity contribution is 5.00. The maximum Gasteiger partial charge on any atom is 0.230 e. The summed E-state index contributed by atoms with van der Waals surface area (Å²) >= 11 is 0. The fraction of sp³-hybridized carbons (Fsp3) is 0.867. The molecule has 118 valence electrons. The Balaban J connectivity index is 1.40. The Hall–Kier alpha value is -0.980. The first-order valence-electron chi connectivity index (χ1n) is 8.08. The molecule has 6 heteroatoms. The SMILES string of the molecule is CN(Cc1nnc(C2CC2)o1)CC1CCN(CCO)CC1. The zero-order valence-corrected chi connectivity index (χ0v) is 12.9. The molecule has 0 spiro atoms. The summed E-state index contributed by atoms with van der Waals surface area (Å²) in [6, 6.07) is 0. The molecule has 21 heavy (non-hydrogen) atoms. The minimum absolute atomic E-state index is 0.269. The van der Waals surface area contributed by atoms with E-state index in [9.17, 15) is 0 Å². The third kappa shape index (κ3) is 4.25. The summed E-state index contributed by atoms with van der Waals surface area (Å²) in [4.78, 5) is 4.63. The van der Waals surface area contributed by atoms with Crippen LogP contribution < -0.4 is 0 Å². The van der Waals surface area contributed by atoms with Crippen LogP contribution in [-0.2, 0) is 6.54 Å². The second kappa shape index (κ2) is 6.85. The second-order valence-corrected chi connectivity index (χ2v) is 6.51. The average molecular weight is 294 g/mol.